The van der Waals surface area contributed by atoms with Crippen molar-refractivity contribution in [3.8, 4) is 16.9 Å². The predicted molar refractivity (Wildman–Crippen MR) is 72.6 cm³/mol. The van der Waals surface area contributed by atoms with E-state index in [2.05, 4.69) is 4.98 Å². The monoisotopic (exact) mass is 278 g/mol. The number of aromatic nitrogens is 1. The van der Waals surface area contributed by atoms with Crippen molar-refractivity contribution in [3.63, 3.8) is 0 Å². The molecule has 1 heterocycles. The molecule has 0 radical (unpaired) electrons. The third-order valence-electron chi connectivity index (χ3n) is 2.60. The largest absolute Gasteiger partial charge is 0.496 e. The van der Waals surface area contributed by atoms with Crippen LogP contribution in [-0.4, -0.2) is 23.2 Å². The van der Waals surface area contributed by atoms with Gasteiger partial charge in [0.1, 0.15) is 11.6 Å². The number of nitrogens with two attached hydrogens (primary N) is 1. The number of carboxylic acid groups (broad SMARTS) is 1. The summed E-state index contributed by atoms with van der Waals surface area (Å²) >= 11 is 5.95. The number of pyridine rings is 1. The molecule has 0 saturated carbocycles. The first-order valence-electron chi connectivity index (χ1n) is 5.36. The normalized spacial score (nSPS) is 10.2. The molecule has 5 nitrogen and oxygen atoms in total. The van der Waals surface area contributed by atoms with E-state index in [-0.39, 0.29) is 11.5 Å². The number of nitrogen functional groups attached to an aromatic ring is 1. The lowest BCUT2D eigenvalue weighted by molar-refractivity contribution is 0.0690. The van der Waals surface area contributed by atoms with Crippen LogP contribution in [0.25, 0.3) is 11.1 Å². The summed E-state index contributed by atoms with van der Waals surface area (Å²) in [7, 11) is 1.53. The van der Waals surface area contributed by atoms with Gasteiger partial charge in [-0.15, -0.1) is 0 Å². The summed E-state index contributed by atoms with van der Waals surface area (Å²) < 4.78 is 5.23. The maximum atomic E-state index is 10.8. The van der Waals surface area contributed by atoms with Gasteiger partial charge in [0, 0.05) is 16.1 Å². The van der Waals surface area contributed by atoms with Crippen LogP contribution >= 0.6 is 11.6 Å². The van der Waals surface area contributed by atoms with Crippen molar-refractivity contribution in [2.75, 3.05) is 12.8 Å². The van der Waals surface area contributed by atoms with Gasteiger partial charge in [0.2, 0.25) is 0 Å². The van der Waals surface area contributed by atoms with E-state index in [1.807, 2.05) is 0 Å². The first-order chi connectivity index (χ1) is 9.02. The Balaban J connectivity index is 2.59. The van der Waals surface area contributed by atoms with E-state index in [4.69, 9.17) is 27.2 Å². The number of ether oxygens (including phenoxy) is 1. The van der Waals surface area contributed by atoms with Crippen molar-refractivity contribution in [1.82, 2.24) is 4.98 Å². The Labute approximate surface area is 114 Å². The highest BCUT2D eigenvalue weighted by Gasteiger charge is 2.13. The van der Waals surface area contributed by atoms with E-state index < -0.39 is 5.97 Å². The van der Waals surface area contributed by atoms with Crippen molar-refractivity contribution in [2.24, 2.45) is 0 Å². The van der Waals surface area contributed by atoms with Gasteiger partial charge in [-0.25, -0.2) is 9.78 Å². The van der Waals surface area contributed by atoms with Crippen molar-refractivity contribution < 1.29 is 14.6 Å². The van der Waals surface area contributed by atoms with Gasteiger partial charge in [0.15, 0.2) is 5.69 Å². The second-order valence-electron chi connectivity index (χ2n) is 3.78. The Morgan fingerprint density at radius 1 is 1.32 bits per heavy atom. The molecule has 2 aromatic rings. The average Bonchev–Trinajstić information content (AvgIpc) is 2.38. The molecule has 3 N–H and O–H groups in total. The van der Waals surface area contributed by atoms with Gasteiger partial charge in [-0.2, -0.15) is 0 Å². The van der Waals surface area contributed by atoms with Crippen LogP contribution in [-0.2, 0) is 0 Å². The number of anilines is 1. The lowest BCUT2D eigenvalue weighted by Crippen LogP contribution is -2.04. The molecule has 0 atom stereocenters. The molecular weight excluding hydrogens is 268 g/mol. The molecule has 0 aliphatic heterocycles. The highest BCUT2D eigenvalue weighted by atomic mass is 35.5. The van der Waals surface area contributed by atoms with E-state index in [0.29, 0.717) is 21.9 Å². The lowest BCUT2D eigenvalue weighted by atomic mass is 10.0. The van der Waals surface area contributed by atoms with Crippen LogP contribution in [0.5, 0.6) is 5.75 Å². The third kappa shape index (κ3) is 2.61. The fourth-order valence-electron chi connectivity index (χ4n) is 1.71. The van der Waals surface area contributed by atoms with Gasteiger partial charge in [-0.1, -0.05) is 11.6 Å². The zero-order valence-corrected chi connectivity index (χ0v) is 10.8. The Kier molecular flexibility index (Phi) is 3.57. The van der Waals surface area contributed by atoms with Crippen LogP contribution in [0.4, 0.5) is 5.82 Å². The molecule has 2 rings (SSSR count). The van der Waals surface area contributed by atoms with Crippen LogP contribution in [0.3, 0.4) is 0 Å². The average molecular weight is 279 g/mol. The van der Waals surface area contributed by atoms with Crippen LogP contribution in [0.2, 0.25) is 5.02 Å². The van der Waals surface area contributed by atoms with Gasteiger partial charge in [0.05, 0.1) is 7.11 Å². The van der Waals surface area contributed by atoms with Crippen LogP contribution in [0.15, 0.2) is 30.3 Å². The molecule has 0 amide bonds. The minimum atomic E-state index is -1.13. The molecule has 1 aromatic heterocycles. The van der Waals surface area contributed by atoms with E-state index in [0.717, 1.165) is 0 Å². The van der Waals surface area contributed by atoms with E-state index in [9.17, 15) is 4.79 Å². The Hall–Kier alpha value is -2.27. The summed E-state index contributed by atoms with van der Waals surface area (Å²) in [6.07, 6.45) is 0. The fourth-order valence-corrected chi connectivity index (χ4v) is 1.88. The maximum Gasteiger partial charge on any atom is 0.354 e. The van der Waals surface area contributed by atoms with Crippen LogP contribution in [0, 0.1) is 0 Å². The van der Waals surface area contributed by atoms with Crippen LogP contribution in [0.1, 0.15) is 10.5 Å². The second kappa shape index (κ2) is 5.16. The molecule has 98 valence electrons. The van der Waals surface area contributed by atoms with Crippen LogP contribution < -0.4 is 10.5 Å². The Morgan fingerprint density at radius 3 is 2.63 bits per heavy atom. The zero-order valence-electron chi connectivity index (χ0n) is 10.1. The van der Waals surface area contributed by atoms with Crippen molar-refractivity contribution in [3.05, 3.63) is 41.0 Å². The smallest absolute Gasteiger partial charge is 0.354 e. The van der Waals surface area contributed by atoms with Gasteiger partial charge in [-0.05, 0) is 30.3 Å². The highest BCUT2D eigenvalue weighted by Crippen LogP contribution is 2.35. The number of nitrogens with zero attached hydrogens (tertiary/aromatic N) is 1. The summed E-state index contributed by atoms with van der Waals surface area (Å²) in [4.78, 5) is 14.6. The standard InChI is InChI=1S/C13H11ClN2O3/c1-19-11-5-2-7(14)6-9(11)8-3-4-10(13(17)18)16-12(8)15/h2-6H,1H3,(H2,15,16)(H,17,18). The first-order valence-corrected chi connectivity index (χ1v) is 5.74. The van der Waals surface area contributed by atoms with Gasteiger partial charge < -0.3 is 15.6 Å². The number of carboxylic acids is 1. The number of benzene rings is 1. The van der Waals surface area contributed by atoms with Gasteiger partial charge in [0.25, 0.3) is 0 Å². The highest BCUT2D eigenvalue weighted by molar-refractivity contribution is 6.31. The molecule has 0 saturated heterocycles. The molecule has 6 heteroatoms. The molecule has 0 aliphatic carbocycles. The van der Waals surface area contributed by atoms with Gasteiger partial charge >= 0.3 is 5.97 Å². The number of hydrogen-bond acceptors (Lipinski definition) is 4. The molecule has 0 unspecified atom stereocenters. The SMILES string of the molecule is COc1ccc(Cl)cc1-c1ccc(C(=O)O)nc1N. The summed E-state index contributed by atoms with van der Waals surface area (Å²) in [5, 5.41) is 9.38. The molecule has 1 aromatic carbocycles. The Bertz CT molecular complexity index is 644. The molecule has 0 aliphatic rings. The number of hydrogen-bond donors (Lipinski definition) is 2. The molecule has 0 fully saturated rings. The number of carbonyl (C=O) groups is 1. The van der Waals surface area contributed by atoms with Crippen molar-refractivity contribution in [2.45, 2.75) is 0 Å². The second-order valence-corrected chi connectivity index (χ2v) is 4.22. The van der Waals surface area contributed by atoms with E-state index >= 15 is 0 Å². The summed E-state index contributed by atoms with van der Waals surface area (Å²) in [6.45, 7) is 0. The minimum absolute atomic E-state index is 0.109. The zero-order chi connectivity index (χ0) is 14.0. The number of methoxy groups -OCH3 is 1. The third-order valence-corrected chi connectivity index (χ3v) is 2.83. The molecule has 0 bridgehead atoms. The summed E-state index contributed by atoms with van der Waals surface area (Å²) in [6, 6.07) is 8.06. The first kappa shape index (κ1) is 13.2. The van der Waals surface area contributed by atoms with Crippen molar-refractivity contribution in [1.29, 1.82) is 0 Å². The molecule has 19 heavy (non-hydrogen) atoms. The topological polar surface area (TPSA) is 85.4 Å². The summed E-state index contributed by atoms with van der Waals surface area (Å²) in [5.74, 6) is -0.433. The fraction of sp³-hybridized carbons (Fsp3) is 0.0769. The number of halogens is 1. The lowest BCUT2D eigenvalue weighted by Gasteiger charge is -2.11. The van der Waals surface area contributed by atoms with E-state index in [1.54, 1.807) is 24.3 Å². The number of rotatable bonds is 3. The molecular formula is C13H11ClN2O3. The maximum absolute atomic E-state index is 10.8. The van der Waals surface area contributed by atoms with Crippen molar-refractivity contribution >= 4 is 23.4 Å². The molecule has 0 spiro atoms. The number of aromatic carboxylic acids is 1. The summed E-state index contributed by atoms with van der Waals surface area (Å²) in [5.41, 5.74) is 6.92. The van der Waals surface area contributed by atoms with Gasteiger partial charge in [-0.3, -0.25) is 0 Å². The Morgan fingerprint density at radius 2 is 2.05 bits per heavy atom. The quantitative estimate of drug-likeness (QED) is 0.901. The van der Waals surface area contributed by atoms with E-state index in [1.165, 1.54) is 13.2 Å². The predicted octanol–water partition coefficient (Wildman–Crippen LogP) is 2.69. The minimum Gasteiger partial charge on any atom is -0.496 e.